The molecular weight excluding hydrogens is 296 g/mol. The van der Waals surface area contributed by atoms with Gasteiger partial charge in [-0.15, -0.1) is 0 Å². The Hall–Kier alpha value is -1.71. The van der Waals surface area contributed by atoms with Crippen LogP contribution in [0.3, 0.4) is 0 Å². The van der Waals surface area contributed by atoms with Crippen molar-refractivity contribution in [2.45, 2.75) is 37.6 Å². The van der Waals surface area contributed by atoms with Gasteiger partial charge in [-0.3, -0.25) is 4.79 Å². The number of rotatable bonds is 4. The minimum absolute atomic E-state index is 0.225. The van der Waals surface area contributed by atoms with Crippen molar-refractivity contribution in [3.8, 4) is 11.5 Å². The van der Waals surface area contributed by atoms with E-state index < -0.39 is 43.3 Å². The van der Waals surface area contributed by atoms with Crippen LogP contribution in [-0.4, -0.2) is 63.7 Å². The molecule has 22 heavy (non-hydrogen) atoms. The van der Waals surface area contributed by atoms with Crippen LogP contribution in [0.5, 0.6) is 11.5 Å². The van der Waals surface area contributed by atoms with Gasteiger partial charge in [-0.2, -0.15) is 0 Å². The predicted octanol–water partition coefficient (Wildman–Crippen LogP) is -1.21. The molecule has 1 aliphatic heterocycles. The number of carbonyl (C=O) groups is 1. The highest BCUT2D eigenvalue weighted by Crippen LogP contribution is 2.26. The number of aliphatic hydroxyl groups is 4. The fourth-order valence-corrected chi connectivity index (χ4v) is 2.08. The molecule has 122 valence electrons. The van der Waals surface area contributed by atoms with E-state index in [1.165, 1.54) is 19.1 Å². The third kappa shape index (κ3) is 3.73. The standard InChI is InChI=1S/C14H18O8/c1-7(16)20-8-3-2-4-9(5-8)21-14-13(19)12(18)11(17)10(6-15)22-14/h2-5,10-15,17-19H,6H2,1H3/t10-,11-,12+,13+,14+/m1/s1. The van der Waals surface area contributed by atoms with E-state index in [1.54, 1.807) is 12.1 Å². The van der Waals surface area contributed by atoms with E-state index in [-0.39, 0.29) is 11.5 Å². The van der Waals surface area contributed by atoms with Crippen molar-refractivity contribution in [1.29, 1.82) is 0 Å². The van der Waals surface area contributed by atoms with Gasteiger partial charge in [-0.05, 0) is 12.1 Å². The predicted molar refractivity (Wildman–Crippen MR) is 72.1 cm³/mol. The van der Waals surface area contributed by atoms with E-state index in [2.05, 4.69) is 0 Å². The molecule has 0 radical (unpaired) electrons. The molecular formula is C14H18O8. The first-order valence-corrected chi connectivity index (χ1v) is 6.68. The Balaban J connectivity index is 2.10. The molecule has 1 fully saturated rings. The second-order valence-corrected chi connectivity index (χ2v) is 4.88. The van der Waals surface area contributed by atoms with Crippen molar-refractivity contribution in [1.82, 2.24) is 0 Å². The third-order valence-corrected chi connectivity index (χ3v) is 3.17. The fraction of sp³-hybridized carbons (Fsp3) is 0.500. The highest BCUT2D eigenvalue weighted by atomic mass is 16.7. The first kappa shape index (κ1) is 16.7. The molecule has 2 rings (SSSR count). The first-order valence-electron chi connectivity index (χ1n) is 6.68. The minimum Gasteiger partial charge on any atom is -0.462 e. The van der Waals surface area contributed by atoms with Gasteiger partial charge in [0.25, 0.3) is 0 Å². The molecule has 8 heteroatoms. The summed E-state index contributed by atoms with van der Waals surface area (Å²) in [6.07, 6.45) is -6.82. The maximum absolute atomic E-state index is 10.9. The third-order valence-electron chi connectivity index (χ3n) is 3.17. The van der Waals surface area contributed by atoms with Gasteiger partial charge >= 0.3 is 5.97 Å². The summed E-state index contributed by atoms with van der Waals surface area (Å²) in [7, 11) is 0. The maximum atomic E-state index is 10.9. The highest BCUT2D eigenvalue weighted by Gasteiger charge is 2.44. The highest BCUT2D eigenvalue weighted by molar-refractivity contribution is 5.69. The summed E-state index contributed by atoms with van der Waals surface area (Å²) in [6, 6.07) is 6.05. The van der Waals surface area contributed by atoms with Gasteiger partial charge in [0.05, 0.1) is 6.61 Å². The van der Waals surface area contributed by atoms with Crippen LogP contribution in [0.4, 0.5) is 0 Å². The van der Waals surface area contributed by atoms with E-state index in [9.17, 15) is 20.1 Å². The van der Waals surface area contributed by atoms with E-state index in [0.717, 1.165) is 0 Å². The number of esters is 1. The van der Waals surface area contributed by atoms with E-state index in [4.69, 9.17) is 19.3 Å². The molecule has 0 unspecified atom stereocenters. The lowest BCUT2D eigenvalue weighted by Gasteiger charge is -2.39. The number of carbonyl (C=O) groups excluding carboxylic acids is 1. The quantitative estimate of drug-likeness (QED) is 0.403. The Kier molecular flexibility index (Phi) is 5.33. The zero-order valence-corrected chi connectivity index (χ0v) is 11.8. The summed E-state index contributed by atoms with van der Waals surface area (Å²) < 4.78 is 15.5. The number of benzene rings is 1. The molecule has 1 heterocycles. The van der Waals surface area contributed by atoms with Crippen molar-refractivity contribution < 1.29 is 39.4 Å². The van der Waals surface area contributed by atoms with Crippen LogP contribution < -0.4 is 9.47 Å². The van der Waals surface area contributed by atoms with Crippen LogP contribution >= 0.6 is 0 Å². The molecule has 1 aromatic carbocycles. The summed E-state index contributed by atoms with van der Waals surface area (Å²) in [4.78, 5) is 10.9. The Bertz CT molecular complexity index is 517. The summed E-state index contributed by atoms with van der Waals surface area (Å²) in [6.45, 7) is 0.712. The molecule has 1 aliphatic rings. The molecule has 5 atom stereocenters. The van der Waals surface area contributed by atoms with Gasteiger partial charge in [0.2, 0.25) is 6.29 Å². The van der Waals surface area contributed by atoms with Gasteiger partial charge in [-0.1, -0.05) is 6.07 Å². The van der Waals surface area contributed by atoms with Crippen molar-refractivity contribution in [3.05, 3.63) is 24.3 Å². The van der Waals surface area contributed by atoms with Gasteiger partial charge in [0, 0.05) is 13.0 Å². The average Bonchev–Trinajstić information content (AvgIpc) is 2.47. The molecule has 1 saturated heterocycles. The maximum Gasteiger partial charge on any atom is 0.308 e. The van der Waals surface area contributed by atoms with Crippen LogP contribution in [0.2, 0.25) is 0 Å². The number of hydrogen-bond donors (Lipinski definition) is 4. The minimum atomic E-state index is -1.52. The van der Waals surface area contributed by atoms with Crippen LogP contribution in [0.1, 0.15) is 6.92 Å². The molecule has 0 bridgehead atoms. The molecule has 0 spiro atoms. The fourth-order valence-electron chi connectivity index (χ4n) is 2.08. The normalized spacial score (nSPS) is 31.6. The summed E-state index contributed by atoms with van der Waals surface area (Å²) in [5.74, 6) is -0.0253. The zero-order chi connectivity index (χ0) is 16.3. The van der Waals surface area contributed by atoms with Crippen molar-refractivity contribution in [3.63, 3.8) is 0 Å². The number of aliphatic hydroxyl groups excluding tert-OH is 4. The summed E-state index contributed by atoms with van der Waals surface area (Å²) in [5.41, 5.74) is 0. The Morgan fingerprint density at radius 2 is 1.86 bits per heavy atom. The SMILES string of the molecule is CC(=O)Oc1cccc(O[C@H]2O[C@H](CO)[C@@H](O)[C@H](O)[C@@H]2O)c1. The monoisotopic (exact) mass is 314 g/mol. The molecule has 0 saturated carbocycles. The van der Waals surface area contributed by atoms with Gasteiger partial charge in [-0.25, -0.2) is 0 Å². The van der Waals surface area contributed by atoms with Gasteiger partial charge < -0.3 is 34.6 Å². The van der Waals surface area contributed by atoms with Crippen LogP contribution in [0.25, 0.3) is 0 Å². The molecule has 0 aromatic heterocycles. The molecule has 8 nitrogen and oxygen atoms in total. The zero-order valence-electron chi connectivity index (χ0n) is 11.8. The summed E-state index contributed by atoms with van der Waals surface area (Å²) in [5, 5.41) is 38.3. The van der Waals surface area contributed by atoms with E-state index in [0.29, 0.717) is 0 Å². The van der Waals surface area contributed by atoms with Crippen molar-refractivity contribution in [2.75, 3.05) is 6.61 Å². The van der Waals surface area contributed by atoms with Crippen molar-refractivity contribution >= 4 is 5.97 Å². The second-order valence-electron chi connectivity index (χ2n) is 4.88. The Labute approximate surface area is 126 Å². The molecule has 4 N–H and O–H groups in total. The van der Waals surface area contributed by atoms with Crippen LogP contribution in [0, 0.1) is 0 Å². The first-order chi connectivity index (χ1) is 10.4. The molecule has 0 amide bonds. The van der Waals surface area contributed by atoms with E-state index in [1.807, 2.05) is 0 Å². The lowest BCUT2D eigenvalue weighted by Crippen LogP contribution is -2.60. The lowest BCUT2D eigenvalue weighted by molar-refractivity contribution is -0.277. The van der Waals surface area contributed by atoms with E-state index >= 15 is 0 Å². The van der Waals surface area contributed by atoms with Gasteiger partial charge in [0.1, 0.15) is 35.9 Å². The van der Waals surface area contributed by atoms with Crippen LogP contribution in [-0.2, 0) is 9.53 Å². The number of hydrogen-bond acceptors (Lipinski definition) is 8. The smallest absolute Gasteiger partial charge is 0.308 e. The second kappa shape index (κ2) is 7.03. The lowest BCUT2D eigenvalue weighted by atomic mass is 9.99. The Morgan fingerprint density at radius 3 is 2.50 bits per heavy atom. The molecule has 1 aromatic rings. The summed E-state index contributed by atoms with van der Waals surface area (Å²) >= 11 is 0. The topological polar surface area (TPSA) is 126 Å². The van der Waals surface area contributed by atoms with Crippen LogP contribution in [0.15, 0.2) is 24.3 Å². The largest absolute Gasteiger partial charge is 0.462 e. The number of ether oxygens (including phenoxy) is 3. The average molecular weight is 314 g/mol. The molecule has 0 aliphatic carbocycles. The van der Waals surface area contributed by atoms with Crippen molar-refractivity contribution in [2.24, 2.45) is 0 Å². The van der Waals surface area contributed by atoms with Gasteiger partial charge in [0.15, 0.2) is 0 Å². The Morgan fingerprint density at radius 1 is 1.18 bits per heavy atom.